The molecule has 1 amide bonds. The van der Waals surface area contributed by atoms with Crippen LogP contribution in [0.2, 0.25) is 0 Å². The lowest BCUT2D eigenvalue weighted by Gasteiger charge is -2.36. The van der Waals surface area contributed by atoms with Crippen LogP contribution in [0.1, 0.15) is 49.3 Å². The highest BCUT2D eigenvalue weighted by Crippen LogP contribution is 2.41. The maximum Gasteiger partial charge on any atom is 0.407 e. The molecule has 3 rings (SSSR count). The molecule has 0 spiro atoms. The van der Waals surface area contributed by atoms with Gasteiger partial charge in [-0.15, -0.1) is 0 Å². The highest BCUT2D eigenvalue weighted by atomic mass is 16.5. The monoisotopic (exact) mass is 520 g/mol. The third kappa shape index (κ3) is 7.73. The van der Waals surface area contributed by atoms with E-state index in [1.165, 1.54) is 0 Å². The maximum atomic E-state index is 11.7. The van der Waals surface area contributed by atoms with Gasteiger partial charge in [0.1, 0.15) is 17.1 Å². The van der Waals surface area contributed by atoms with Crippen LogP contribution in [-0.4, -0.2) is 46.1 Å². The number of nitrogens with two attached hydrogens (primary N) is 1. The van der Waals surface area contributed by atoms with Gasteiger partial charge in [0.25, 0.3) is 0 Å². The molecule has 0 heterocycles. The molecule has 1 atom stereocenters. The number of methoxy groups -OCH3 is 2. The summed E-state index contributed by atoms with van der Waals surface area (Å²) in [5.41, 5.74) is 7.79. The Labute approximate surface area is 226 Å². The van der Waals surface area contributed by atoms with Crippen LogP contribution in [0.15, 0.2) is 78.9 Å². The van der Waals surface area contributed by atoms with Gasteiger partial charge in [0.05, 0.1) is 20.8 Å². The third-order valence-corrected chi connectivity index (χ3v) is 6.48. The Balaban J connectivity index is 1.72. The Morgan fingerprint density at radius 1 is 0.763 bits per heavy atom. The van der Waals surface area contributed by atoms with E-state index in [1.54, 1.807) is 14.2 Å². The summed E-state index contributed by atoms with van der Waals surface area (Å²) in [7, 11) is 3.33. The number of carbonyl (C=O) groups excluding carboxylic acids is 1. The van der Waals surface area contributed by atoms with Crippen molar-refractivity contribution in [3.63, 3.8) is 0 Å². The molecular weight excluding hydrogens is 480 g/mol. The van der Waals surface area contributed by atoms with Gasteiger partial charge in [0.2, 0.25) is 0 Å². The van der Waals surface area contributed by atoms with Crippen LogP contribution in [0.4, 0.5) is 4.79 Å². The number of rotatable bonds is 15. The fourth-order valence-electron chi connectivity index (χ4n) is 4.32. The zero-order chi connectivity index (χ0) is 27.2. The summed E-state index contributed by atoms with van der Waals surface area (Å²) in [4.78, 5) is 11.7. The number of amides is 1. The van der Waals surface area contributed by atoms with Gasteiger partial charge < -0.3 is 30.0 Å². The van der Waals surface area contributed by atoms with E-state index in [-0.39, 0.29) is 6.04 Å². The van der Waals surface area contributed by atoms with Gasteiger partial charge in [-0.05, 0) is 67.1 Å². The number of alkyl carbamates (subject to hydrolysis) is 1. The van der Waals surface area contributed by atoms with Crippen LogP contribution in [0.25, 0.3) is 0 Å². The quantitative estimate of drug-likeness (QED) is 0.199. The summed E-state index contributed by atoms with van der Waals surface area (Å²) >= 11 is 0. The average Bonchev–Trinajstić information content (AvgIpc) is 2.97. The Morgan fingerprint density at radius 2 is 1.26 bits per heavy atom. The van der Waals surface area contributed by atoms with E-state index >= 15 is 0 Å². The van der Waals surface area contributed by atoms with Crippen molar-refractivity contribution in [2.45, 2.75) is 44.2 Å². The normalized spacial score (nSPS) is 12.0. The lowest BCUT2D eigenvalue weighted by Crippen LogP contribution is -2.38. The van der Waals surface area contributed by atoms with Crippen molar-refractivity contribution >= 4 is 6.09 Å². The second-order valence-corrected chi connectivity index (χ2v) is 9.18. The molecule has 3 aromatic rings. The second-order valence-electron chi connectivity index (χ2n) is 9.18. The minimum Gasteiger partial charge on any atom is -0.497 e. The van der Waals surface area contributed by atoms with Crippen LogP contribution in [0, 0.1) is 0 Å². The largest absolute Gasteiger partial charge is 0.497 e. The van der Waals surface area contributed by atoms with Crippen molar-refractivity contribution in [3.8, 4) is 11.5 Å². The topological polar surface area (TPSA) is 92.0 Å². The summed E-state index contributed by atoms with van der Waals surface area (Å²) in [5, 5.41) is 2.70. The Morgan fingerprint density at radius 3 is 1.76 bits per heavy atom. The highest BCUT2D eigenvalue weighted by molar-refractivity contribution is 5.67. The number of nitrogens with one attached hydrogen (secondary N) is 1. The van der Waals surface area contributed by atoms with Crippen LogP contribution >= 0.6 is 0 Å². The van der Waals surface area contributed by atoms with Gasteiger partial charge in [0.15, 0.2) is 0 Å². The number of unbranched alkanes of at least 4 members (excludes halogenated alkanes) is 3. The summed E-state index contributed by atoms with van der Waals surface area (Å²) in [6.45, 7) is 3.17. The van der Waals surface area contributed by atoms with Gasteiger partial charge in [-0.1, -0.05) is 61.0 Å². The summed E-state index contributed by atoms with van der Waals surface area (Å²) < 4.78 is 22.9. The standard InChI is InChI=1S/C31H40N2O5/c1-24(23-32)33-30(34)37-21-9-4-5-10-22-38-31(25-11-7-6-8-12-25,26-13-17-28(35-2)18-14-26)27-15-19-29(36-3)20-16-27/h6-8,11-20,24H,4-5,9-10,21-23,32H2,1-3H3,(H,33,34)/t24-/m0/s1. The van der Waals surface area contributed by atoms with Crippen molar-refractivity contribution in [1.29, 1.82) is 0 Å². The number of benzene rings is 3. The summed E-state index contributed by atoms with van der Waals surface area (Å²) in [6.07, 6.45) is 3.15. The van der Waals surface area contributed by atoms with E-state index < -0.39 is 11.7 Å². The summed E-state index contributed by atoms with van der Waals surface area (Å²) in [5.74, 6) is 1.58. The summed E-state index contributed by atoms with van der Waals surface area (Å²) in [6, 6.07) is 26.3. The van der Waals surface area contributed by atoms with Crippen molar-refractivity contribution in [2.24, 2.45) is 5.73 Å². The van der Waals surface area contributed by atoms with E-state index in [0.29, 0.717) is 19.8 Å². The molecule has 0 saturated carbocycles. The Hall–Kier alpha value is -3.55. The minimum absolute atomic E-state index is 0.0964. The number of hydrogen-bond acceptors (Lipinski definition) is 6. The predicted octanol–water partition coefficient (Wildman–Crippen LogP) is 5.65. The first kappa shape index (κ1) is 29.0. The highest BCUT2D eigenvalue weighted by Gasteiger charge is 2.37. The molecule has 0 aliphatic carbocycles. The molecule has 0 unspecified atom stereocenters. The predicted molar refractivity (Wildman–Crippen MR) is 150 cm³/mol. The van der Waals surface area contributed by atoms with Crippen molar-refractivity contribution in [2.75, 3.05) is 34.0 Å². The number of hydrogen-bond donors (Lipinski definition) is 2. The zero-order valence-corrected chi connectivity index (χ0v) is 22.7. The van der Waals surface area contributed by atoms with Gasteiger partial charge in [-0.25, -0.2) is 4.79 Å². The molecule has 0 fully saturated rings. The molecule has 0 aliphatic rings. The number of ether oxygens (including phenoxy) is 4. The third-order valence-electron chi connectivity index (χ3n) is 6.48. The van der Waals surface area contributed by atoms with E-state index in [2.05, 4.69) is 41.7 Å². The molecule has 0 aromatic heterocycles. The fourth-order valence-corrected chi connectivity index (χ4v) is 4.32. The van der Waals surface area contributed by atoms with Gasteiger partial charge in [-0.2, -0.15) is 0 Å². The number of carbonyl (C=O) groups is 1. The molecule has 7 heteroatoms. The lowest BCUT2D eigenvalue weighted by molar-refractivity contribution is 0.0104. The molecule has 0 saturated heterocycles. The van der Waals surface area contributed by atoms with E-state index in [4.69, 9.17) is 24.7 Å². The lowest BCUT2D eigenvalue weighted by atomic mass is 9.80. The van der Waals surface area contributed by atoms with Crippen LogP contribution in [0.5, 0.6) is 11.5 Å². The van der Waals surface area contributed by atoms with Crippen molar-refractivity contribution in [3.05, 3.63) is 95.6 Å². The van der Waals surface area contributed by atoms with E-state index in [9.17, 15) is 4.79 Å². The van der Waals surface area contributed by atoms with Crippen LogP contribution in [0.3, 0.4) is 0 Å². The maximum absolute atomic E-state index is 11.7. The van der Waals surface area contributed by atoms with Gasteiger partial charge >= 0.3 is 6.09 Å². The van der Waals surface area contributed by atoms with Gasteiger partial charge in [0, 0.05) is 19.2 Å². The first-order valence-electron chi connectivity index (χ1n) is 13.2. The molecule has 3 N–H and O–H groups in total. The Kier molecular flexibility index (Phi) is 11.5. The molecule has 0 radical (unpaired) electrons. The van der Waals surface area contributed by atoms with Crippen LogP contribution in [-0.2, 0) is 15.1 Å². The Bertz CT molecular complexity index is 1040. The van der Waals surface area contributed by atoms with E-state index in [0.717, 1.165) is 53.9 Å². The molecule has 0 aliphatic heterocycles. The smallest absolute Gasteiger partial charge is 0.407 e. The molecule has 38 heavy (non-hydrogen) atoms. The SMILES string of the molecule is COc1ccc(C(OCCCCCCOC(=O)N[C@@H](C)CN)(c2ccccc2)c2ccc(OC)cc2)cc1. The molecule has 0 bridgehead atoms. The van der Waals surface area contributed by atoms with Crippen molar-refractivity contribution in [1.82, 2.24) is 5.32 Å². The zero-order valence-electron chi connectivity index (χ0n) is 22.7. The first-order valence-corrected chi connectivity index (χ1v) is 13.2. The average molecular weight is 521 g/mol. The first-order chi connectivity index (χ1) is 18.5. The molecular formula is C31H40N2O5. The fraction of sp³-hybridized carbons (Fsp3) is 0.387. The van der Waals surface area contributed by atoms with Crippen molar-refractivity contribution < 1.29 is 23.7 Å². The van der Waals surface area contributed by atoms with Crippen LogP contribution < -0.4 is 20.5 Å². The molecule has 204 valence electrons. The van der Waals surface area contributed by atoms with Gasteiger partial charge in [-0.3, -0.25) is 0 Å². The molecule has 3 aromatic carbocycles. The van der Waals surface area contributed by atoms with E-state index in [1.807, 2.05) is 49.4 Å². The minimum atomic E-state index is -0.805. The molecule has 7 nitrogen and oxygen atoms in total. The second kappa shape index (κ2) is 15.0.